The number of fused-ring (bicyclic) bond motifs is 1. The topological polar surface area (TPSA) is 42.3 Å². The van der Waals surface area contributed by atoms with E-state index < -0.39 is 0 Å². The van der Waals surface area contributed by atoms with Crippen molar-refractivity contribution in [3.63, 3.8) is 0 Å². The average Bonchev–Trinajstić information content (AvgIpc) is 3.09. The van der Waals surface area contributed by atoms with E-state index in [-0.39, 0.29) is 23.8 Å². The molecular weight excluding hydrogens is 331 g/mol. The molecule has 2 heterocycles. The van der Waals surface area contributed by atoms with Crippen LogP contribution in [-0.4, -0.2) is 17.0 Å². The van der Waals surface area contributed by atoms with Gasteiger partial charge in [-0.25, -0.2) is 4.39 Å². The second kappa shape index (κ2) is 6.59. The van der Waals surface area contributed by atoms with Crippen molar-refractivity contribution in [3.05, 3.63) is 99.7 Å². The molecule has 0 radical (unpaired) electrons. The second-order valence-electron chi connectivity index (χ2n) is 6.31. The number of hydrogen-bond acceptors (Lipinski definition) is 2. The molecule has 1 aliphatic rings. The molecule has 1 aromatic heterocycles. The Morgan fingerprint density at radius 3 is 2.62 bits per heavy atom. The summed E-state index contributed by atoms with van der Waals surface area (Å²) in [7, 11) is 0. The Balaban J connectivity index is 1.65. The first-order chi connectivity index (χ1) is 12.6. The molecule has 1 aliphatic heterocycles. The highest BCUT2D eigenvalue weighted by Crippen LogP contribution is 2.28. The number of hydrogen-bond donors (Lipinski definition) is 0. The van der Waals surface area contributed by atoms with Gasteiger partial charge in [0, 0.05) is 30.1 Å². The van der Waals surface area contributed by atoms with E-state index in [2.05, 4.69) is 0 Å². The van der Waals surface area contributed by atoms with Gasteiger partial charge in [-0.15, -0.1) is 0 Å². The van der Waals surface area contributed by atoms with Crippen molar-refractivity contribution in [1.82, 2.24) is 4.57 Å². The van der Waals surface area contributed by atoms with Crippen molar-refractivity contribution < 1.29 is 9.18 Å². The fourth-order valence-corrected chi connectivity index (χ4v) is 3.30. The SMILES string of the molecule is O=C(c1ccc(=O)n(Cc2ccccc2F)c1)N1CCc2ccccc21. The van der Waals surface area contributed by atoms with E-state index >= 15 is 0 Å². The number of pyridine rings is 1. The maximum absolute atomic E-state index is 13.9. The summed E-state index contributed by atoms with van der Waals surface area (Å²) < 4.78 is 15.3. The number of aromatic nitrogens is 1. The molecule has 130 valence electrons. The Morgan fingerprint density at radius 1 is 1.00 bits per heavy atom. The molecule has 26 heavy (non-hydrogen) atoms. The summed E-state index contributed by atoms with van der Waals surface area (Å²) in [6.45, 7) is 0.702. The zero-order valence-electron chi connectivity index (χ0n) is 14.1. The van der Waals surface area contributed by atoms with E-state index in [0.29, 0.717) is 17.7 Å². The first kappa shape index (κ1) is 16.3. The number of benzene rings is 2. The molecule has 0 spiro atoms. The van der Waals surface area contributed by atoms with E-state index in [1.54, 1.807) is 23.1 Å². The molecule has 0 aliphatic carbocycles. The highest BCUT2D eigenvalue weighted by molar-refractivity contribution is 6.07. The molecule has 5 heteroatoms. The fraction of sp³-hybridized carbons (Fsp3) is 0.143. The summed E-state index contributed by atoms with van der Waals surface area (Å²) in [6.07, 6.45) is 2.33. The third-order valence-electron chi connectivity index (χ3n) is 4.66. The highest BCUT2D eigenvalue weighted by Gasteiger charge is 2.25. The van der Waals surface area contributed by atoms with Crippen molar-refractivity contribution in [3.8, 4) is 0 Å². The monoisotopic (exact) mass is 348 g/mol. The number of nitrogens with zero attached hydrogens (tertiary/aromatic N) is 2. The van der Waals surface area contributed by atoms with Crippen LogP contribution < -0.4 is 10.5 Å². The fourth-order valence-electron chi connectivity index (χ4n) is 3.30. The number of anilines is 1. The summed E-state index contributed by atoms with van der Waals surface area (Å²) in [4.78, 5) is 26.8. The summed E-state index contributed by atoms with van der Waals surface area (Å²) in [5, 5.41) is 0. The molecule has 2 aromatic carbocycles. The predicted octanol–water partition coefficient (Wildman–Crippen LogP) is 3.24. The number of carbonyl (C=O) groups excluding carboxylic acids is 1. The number of para-hydroxylation sites is 1. The van der Waals surface area contributed by atoms with E-state index in [4.69, 9.17) is 0 Å². The highest BCUT2D eigenvalue weighted by atomic mass is 19.1. The minimum absolute atomic E-state index is 0.0865. The lowest BCUT2D eigenvalue weighted by molar-refractivity contribution is 0.0988. The van der Waals surface area contributed by atoms with Crippen LogP contribution in [0.2, 0.25) is 0 Å². The minimum Gasteiger partial charge on any atom is -0.310 e. The van der Waals surface area contributed by atoms with Gasteiger partial charge in [0.15, 0.2) is 0 Å². The lowest BCUT2D eigenvalue weighted by Crippen LogP contribution is -2.30. The zero-order valence-corrected chi connectivity index (χ0v) is 14.1. The van der Waals surface area contributed by atoms with Crippen molar-refractivity contribution in [2.45, 2.75) is 13.0 Å². The van der Waals surface area contributed by atoms with Crippen LogP contribution in [0.5, 0.6) is 0 Å². The van der Waals surface area contributed by atoms with Gasteiger partial charge in [0.2, 0.25) is 0 Å². The normalized spacial score (nSPS) is 12.9. The molecule has 0 fully saturated rings. The molecule has 0 unspecified atom stereocenters. The summed E-state index contributed by atoms with van der Waals surface area (Å²) in [5.41, 5.74) is 2.60. The standard InChI is InChI=1S/C21H17FN2O2/c22-18-7-3-1-6-16(18)13-23-14-17(9-10-20(23)25)21(26)24-12-11-15-5-2-4-8-19(15)24/h1-10,14H,11-13H2. The Labute approximate surface area is 150 Å². The molecule has 0 atom stereocenters. The van der Waals surface area contributed by atoms with Crippen LogP contribution in [0.3, 0.4) is 0 Å². The second-order valence-corrected chi connectivity index (χ2v) is 6.31. The van der Waals surface area contributed by atoms with Crippen LogP contribution in [0.25, 0.3) is 0 Å². The summed E-state index contributed by atoms with van der Waals surface area (Å²) in [5.74, 6) is -0.526. The number of halogens is 1. The summed E-state index contributed by atoms with van der Waals surface area (Å²) >= 11 is 0. The van der Waals surface area contributed by atoms with E-state index in [1.165, 1.54) is 29.0 Å². The number of rotatable bonds is 3. The van der Waals surface area contributed by atoms with Crippen molar-refractivity contribution in [2.75, 3.05) is 11.4 Å². The first-order valence-electron chi connectivity index (χ1n) is 8.47. The van der Waals surface area contributed by atoms with Gasteiger partial charge < -0.3 is 9.47 Å². The molecule has 3 aromatic rings. The molecule has 1 amide bonds. The van der Waals surface area contributed by atoms with Gasteiger partial charge in [-0.05, 0) is 30.2 Å². The molecule has 4 nitrogen and oxygen atoms in total. The van der Waals surface area contributed by atoms with E-state index in [0.717, 1.165) is 17.7 Å². The molecule has 0 saturated heterocycles. The zero-order chi connectivity index (χ0) is 18.1. The minimum atomic E-state index is -0.371. The van der Waals surface area contributed by atoms with Gasteiger partial charge in [0.25, 0.3) is 11.5 Å². The van der Waals surface area contributed by atoms with Crippen LogP contribution in [0.15, 0.2) is 71.7 Å². The third kappa shape index (κ3) is 2.92. The molecule has 4 rings (SSSR count). The van der Waals surface area contributed by atoms with Crippen LogP contribution >= 0.6 is 0 Å². The van der Waals surface area contributed by atoms with Gasteiger partial charge >= 0.3 is 0 Å². The average molecular weight is 348 g/mol. The Bertz CT molecular complexity index is 1040. The first-order valence-corrected chi connectivity index (χ1v) is 8.47. The molecule has 0 saturated carbocycles. The maximum Gasteiger partial charge on any atom is 0.259 e. The quantitative estimate of drug-likeness (QED) is 0.729. The van der Waals surface area contributed by atoms with Crippen LogP contribution in [0, 0.1) is 5.82 Å². The van der Waals surface area contributed by atoms with Crippen molar-refractivity contribution >= 4 is 11.6 Å². The predicted molar refractivity (Wildman–Crippen MR) is 98.0 cm³/mol. The molecule has 0 N–H and O–H groups in total. The number of carbonyl (C=O) groups is 1. The van der Waals surface area contributed by atoms with Gasteiger partial charge in [-0.2, -0.15) is 0 Å². The van der Waals surface area contributed by atoms with Crippen LogP contribution in [-0.2, 0) is 13.0 Å². The number of amides is 1. The summed E-state index contributed by atoms with van der Waals surface area (Å²) in [6, 6.07) is 17.0. The Kier molecular flexibility index (Phi) is 4.13. The van der Waals surface area contributed by atoms with Gasteiger partial charge in [0.1, 0.15) is 5.82 Å². The third-order valence-corrected chi connectivity index (χ3v) is 4.66. The van der Waals surface area contributed by atoms with Crippen LogP contribution in [0.4, 0.5) is 10.1 Å². The smallest absolute Gasteiger partial charge is 0.259 e. The largest absolute Gasteiger partial charge is 0.310 e. The van der Waals surface area contributed by atoms with Crippen LogP contribution in [0.1, 0.15) is 21.5 Å². The Morgan fingerprint density at radius 2 is 1.77 bits per heavy atom. The van der Waals surface area contributed by atoms with Crippen molar-refractivity contribution in [1.29, 1.82) is 0 Å². The van der Waals surface area contributed by atoms with Gasteiger partial charge in [0.05, 0.1) is 12.1 Å². The van der Waals surface area contributed by atoms with E-state index in [9.17, 15) is 14.0 Å². The molecule has 0 bridgehead atoms. The van der Waals surface area contributed by atoms with E-state index in [1.807, 2.05) is 24.3 Å². The lowest BCUT2D eigenvalue weighted by atomic mass is 10.1. The van der Waals surface area contributed by atoms with Crippen molar-refractivity contribution in [2.24, 2.45) is 0 Å². The van der Waals surface area contributed by atoms with Gasteiger partial charge in [-0.3, -0.25) is 9.59 Å². The molecular formula is C21H17FN2O2. The lowest BCUT2D eigenvalue weighted by Gasteiger charge is -2.18. The maximum atomic E-state index is 13.9. The van der Waals surface area contributed by atoms with Gasteiger partial charge in [-0.1, -0.05) is 36.4 Å². The Hall–Kier alpha value is -3.21.